The van der Waals surface area contributed by atoms with E-state index in [0.717, 1.165) is 19.4 Å². The Bertz CT molecular complexity index is 727. The molecule has 2 saturated heterocycles. The highest BCUT2D eigenvalue weighted by Gasteiger charge is 2.52. The summed E-state index contributed by atoms with van der Waals surface area (Å²) in [6, 6.07) is -1.37. The van der Waals surface area contributed by atoms with E-state index in [1.165, 1.54) is 6.26 Å². The zero-order valence-corrected chi connectivity index (χ0v) is 21.0. The molecule has 188 valence electrons. The molecule has 2 fully saturated rings. The summed E-state index contributed by atoms with van der Waals surface area (Å²) < 4.78 is 33.7. The van der Waals surface area contributed by atoms with Crippen LogP contribution in [0.25, 0.3) is 0 Å². The fraction of sp³-hybridized carbons (Fsp3) is 0.944. The van der Waals surface area contributed by atoms with E-state index < -0.39 is 65.9 Å². The Morgan fingerprint density at radius 1 is 1.38 bits per heavy atom. The zero-order valence-electron chi connectivity index (χ0n) is 18.5. The van der Waals surface area contributed by atoms with Gasteiger partial charge in [0.05, 0.1) is 28.3 Å². The minimum atomic E-state index is -5.08. The first-order valence-electron chi connectivity index (χ1n) is 10.5. The molecule has 2 aliphatic rings. The summed E-state index contributed by atoms with van der Waals surface area (Å²) in [5.41, 5.74) is -1.47. The van der Waals surface area contributed by atoms with Gasteiger partial charge in [-0.15, -0.1) is 11.6 Å². The van der Waals surface area contributed by atoms with E-state index in [0.29, 0.717) is 12.3 Å². The molecule has 0 bridgehead atoms. The van der Waals surface area contributed by atoms with Crippen LogP contribution in [0.15, 0.2) is 0 Å². The number of likely N-dealkylation sites (tertiary alicyclic amines) is 1. The van der Waals surface area contributed by atoms with Gasteiger partial charge >= 0.3 is 7.82 Å². The minimum Gasteiger partial charge on any atom is -0.388 e. The number of carbonyl (C=O) groups is 1. The standard InChI is InChI=1S/C18H34ClN2O9PS/c1-5-6-10-7-11(21(3)8-10)17(24)20-12(9(2)19)15-13(22)14(23)16(30-31(25,26)27)18(29-15)32(4)28/h9-16,18,22-23H,5-8H2,1-4H3,(H,20,24)(H2,25,26,27)/t9-,10+,11-,12+,13+,14-,15+,16+,18+,32-/m0/s1. The summed E-state index contributed by atoms with van der Waals surface area (Å²) in [4.78, 5) is 33.2. The summed E-state index contributed by atoms with van der Waals surface area (Å²) in [5, 5.41) is 23.2. The van der Waals surface area contributed by atoms with Gasteiger partial charge in [-0.05, 0) is 32.7 Å². The van der Waals surface area contributed by atoms with Crippen molar-refractivity contribution in [3.8, 4) is 0 Å². The number of likely N-dealkylation sites (N-methyl/N-ethyl adjacent to an activating group) is 1. The highest BCUT2D eigenvalue weighted by atomic mass is 35.5. The first kappa shape index (κ1) is 28.1. The zero-order chi connectivity index (χ0) is 24.4. The van der Waals surface area contributed by atoms with Gasteiger partial charge in [0.1, 0.15) is 24.4 Å². The number of ether oxygens (including phenoxy) is 1. The maximum absolute atomic E-state index is 13.0. The van der Waals surface area contributed by atoms with Crippen LogP contribution < -0.4 is 5.32 Å². The average Bonchev–Trinajstić information content (AvgIpc) is 3.03. The van der Waals surface area contributed by atoms with Gasteiger partial charge in [-0.3, -0.25) is 18.4 Å². The van der Waals surface area contributed by atoms with Crippen LogP contribution in [0.3, 0.4) is 0 Å². The third-order valence-electron chi connectivity index (χ3n) is 5.96. The van der Waals surface area contributed by atoms with Crippen molar-refractivity contribution in [2.45, 2.75) is 80.4 Å². The topological polar surface area (TPSA) is 166 Å². The number of nitrogens with one attached hydrogen (secondary N) is 1. The molecule has 0 saturated carbocycles. The summed E-state index contributed by atoms with van der Waals surface area (Å²) >= 11 is 6.29. The molecular formula is C18H34ClN2O9PS. The van der Waals surface area contributed by atoms with Gasteiger partial charge in [-0.1, -0.05) is 13.3 Å². The molecule has 0 aliphatic carbocycles. The molecule has 14 heteroatoms. The Balaban J connectivity index is 2.21. The number of phosphoric ester groups is 1. The van der Waals surface area contributed by atoms with Crippen molar-refractivity contribution >= 4 is 36.1 Å². The number of carbonyl (C=O) groups excluding carboxylic acids is 1. The molecule has 0 aromatic heterocycles. The lowest BCUT2D eigenvalue weighted by Gasteiger charge is -2.45. The van der Waals surface area contributed by atoms with Crippen LogP contribution in [0.1, 0.15) is 33.1 Å². The first-order chi connectivity index (χ1) is 14.8. The monoisotopic (exact) mass is 520 g/mol. The van der Waals surface area contributed by atoms with E-state index in [-0.39, 0.29) is 5.91 Å². The van der Waals surface area contributed by atoms with Gasteiger partial charge in [-0.2, -0.15) is 0 Å². The number of alkyl halides is 1. The Morgan fingerprint density at radius 2 is 2.00 bits per heavy atom. The van der Waals surface area contributed by atoms with Crippen molar-refractivity contribution in [3.05, 3.63) is 0 Å². The second kappa shape index (κ2) is 11.5. The Kier molecular flexibility index (Phi) is 10.1. The Hall–Kier alpha value is -0.140. The Labute approximate surface area is 195 Å². The number of rotatable bonds is 9. The molecule has 10 atom stereocenters. The van der Waals surface area contributed by atoms with Crippen molar-refractivity contribution in [3.63, 3.8) is 0 Å². The predicted molar refractivity (Wildman–Crippen MR) is 118 cm³/mol. The molecule has 1 amide bonds. The van der Waals surface area contributed by atoms with E-state index in [2.05, 4.69) is 16.8 Å². The van der Waals surface area contributed by atoms with Crippen LogP contribution in [0.4, 0.5) is 0 Å². The number of aliphatic hydroxyl groups is 2. The van der Waals surface area contributed by atoms with Crippen LogP contribution in [0, 0.1) is 5.92 Å². The largest absolute Gasteiger partial charge is 0.470 e. The minimum absolute atomic E-state index is 0.309. The average molecular weight is 521 g/mol. The highest BCUT2D eigenvalue weighted by molar-refractivity contribution is 7.84. The SMILES string of the molecule is CCC[C@@H]1C[C@@H](C(=O)N[C@@H]([C@H]2O[C@H]([S@](C)=O)[C@H](OP(=O)(O)O)[C@@H](O)[C@H]2O)[C@H](C)Cl)N(C)C1. The third-order valence-corrected chi connectivity index (χ3v) is 7.78. The van der Waals surface area contributed by atoms with E-state index in [1.807, 2.05) is 11.9 Å². The third kappa shape index (κ3) is 6.94. The van der Waals surface area contributed by atoms with Gasteiger partial charge in [0.2, 0.25) is 5.91 Å². The molecule has 2 heterocycles. The van der Waals surface area contributed by atoms with E-state index >= 15 is 0 Å². The van der Waals surface area contributed by atoms with Gasteiger partial charge in [0.15, 0.2) is 5.44 Å². The number of amides is 1. The number of nitrogens with zero attached hydrogens (tertiary/aromatic N) is 1. The predicted octanol–water partition coefficient (Wildman–Crippen LogP) is -0.478. The lowest BCUT2D eigenvalue weighted by atomic mass is 9.92. The summed E-state index contributed by atoms with van der Waals surface area (Å²) in [6.45, 7) is 4.44. The van der Waals surface area contributed by atoms with E-state index in [9.17, 15) is 23.8 Å². The number of aliphatic hydroxyl groups excluding tert-OH is 2. The van der Waals surface area contributed by atoms with Crippen LogP contribution >= 0.6 is 19.4 Å². The van der Waals surface area contributed by atoms with Crippen LogP contribution in [0.2, 0.25) is 0 Å². The molecule has 32 heavy (non-hydrogen) atoms. The molecule has 5 N–H and O–H groups in total. The van der Waals surface area contributed by atoms with Crippen molar-refractivity contribution in [1.82, 2.24) is 10.2 Å². The fourth-order valence-electron chi connectivity index (χ4n) is 4.45. The normalized spacial score (nSPS) is 37.1. The van der Waals surface area contributed by atoms with Crippen molar-refractivity contribution in [2.24, 2.45) is 5.92 Å². The van der Waals surface area contributed by atoms with E-state index in [1.54, 1.807) is 6.92 Å². The van der Waals surface area contributed by atoms with E-state index in [4.69, 9.17) is 26.1 Å². The van der Waals surface area contributed by atoms with Gasteiger partial charge in [0.25, 0.3) is 0 Å². The molecule has 11 nitrogen and oxygen atoms in total. The fourth-order valence-corrected chi connectivity index (χ4v) is 6.17. The molecular weight excluding hydrogens is 487 g/mol. The number of hydrogen-bond donors (Lipinski definition) is 5. The number of halogens is 1. The van der Waals surface area contributed by atoms with Gasteiger partial charge in [0, 0.05) is 12.8 Å². The number of hydrogen-bond acceptors (Lipinski definition) is 8. The lowest BCUT2D eigenvalue weighted by Crippen LogP contribution is -2.66. The molecule has 0 aromatic rings. The molecule has 0 unspecified atom stereocenters. The highest BCUT2D eigenvalue weighted by Crippen LogP contribution is 2.42. The van der Waals surface area contributed by atoms with Crippen LogP contribution in [-0.4, -0.2) is 102 Å². The first-order valence-corrected chi connectivity index (χ1v) is 14.1. The smallest absolute Gasteiger partial charge is 0.388 e. The molecule has 0 spiro atoms. The van der Waals surface area contributed by atoms with Crippen molar-refractivity contribution in [1.29, 1.82) is 0 Å². The molecule has 2 rings (SSSR count). The molecule has 0 radical (unpaired) electrons. The second-order valence-electron chi connectivity index (χ2n) is 8.57. The van der Waals surface area contributed by atoms with Gasteiger partial charge < -0.3 is 30.1 Å². The quantitative estimate of drug-likeness (QED) is 0.198. The van der Waals surface area contributed by atoms with Crippen LogP contribution in [-0.2, 0) is 29.4 Å². The summed E-state index contributed by atoms with van der Waals surface area (Å²) in [7, 11) is -5.08. The molecule has 2 aliphatic heterocycles. The van der Waals surface area contributed by atoms with Gasteiger partial charge in [-0.25, -0.2) is 4.57 Å². The van der Waals surface area contributed by atoms with Crippen molar-refractivity contribution in [2.75, 3.05) is 19.8 Å². The maximum Gasteiger partial charge on any atom is 0.470 e. The maximum atomic E-state index is 13.0. The van der Waals surface area contributed by atoms with Crippen LogP contribution in [0.5, 0.6) is 0 Å². The Morgan fingerprint density at radius 3 is 2.50 bits per heavy atom. The number of phosphoric acid groups is 1. The lowest BCUT2D eigenvalue weighted by molar-refractivity contribution is -0.202. The summed E-state index contributed by atoms with van der Waals surface area (Å²) in [6.07, 6.45) is -2.68. The van der Waals surface area contributed by atoms with Crippen molar-refractivity contribution < 1.29 is 42.8 Å². The molecule has 0 aromatic carbocycles. The summed E-state index contributed by atoms with van der Waals surface area (Å²) in [5.74, 6) is 0.0834. The second-order valence-corrected chi connectivity index (χ2v) is 11.9.